The van der Waals surface area contributed by atoms with E-state index in [1.807, 2.05) is 54.6 Å². The molecule has 1 saturated heterocycles. The average Bonchev–Trinajstić information content (AvgIpc) is 3.29. The summed E-state index contributed by atoms with van der Waals surface area (Å²) in [6.07, 6.45) is 1.56. The van der Waals surface area contributed by atoms with Crippen LogP contribution in [-0.4, -0.2) is 41.9 Å². The van der Waals surface area contributed by atoms with Gasteiger partial charge in [-0.25, -0.2) is 4.98 Å². The van der Waals surface area contributed by atoms with Crippen molar-refractivity contribution in [3.05, 3.63) is 65.7 Å². The zero-order valence-electron chi connectivity index (χ0n) is 16.7. The molecule has 1 aliphatic rings. The minimum Gasteiger partial charge on any atom is -0.496 e. The molecule has 6 nitrogen and oxygen atoms in total. The standard InChI is InChI=1S/C23H23N3O3S/c1-29-20-12-6-5-11-18(20)22-25-19(15-30-22)23(28)26-13-7-8-16(14-26)21(27)24-17-9-3-2-4-10-17/h2-6,9-12,15-16H,7-8,13-14H2,1H3,(H,24,27). The zero-order chi connectivity index (χ0) is 20.9. The van der Waals surface area contributed by atoms with E-state index in [2.05, 4.69) is 10.3 Å². The molecule has 154 valence electrons. The highest BCUT2D eigenvalue weighted by Gasteiger charge is 2.30. The first kappa shape index (κ1) is 20.1. The summed E-state index contributed by atoms with van der Waals surface area (Å²) in [7, 11) is 1.62. The first-order valence-corrected chi connectivity index (χ1v) is 10.8. The van der Waals surface area contributed by atoms with Crippen LogP contribution in [0.4, 0.5) is 5.69 Å². The lowest BCUT2D eigenvalue weighted by molar-refractivity contribution is -0.121. The van der Waals surface area contributed by atoms with E-state index in [0.717, 1.165) is 34.8 Å². The lowest BCUT2D eigenvalue weighted by Crippen LogP contribution is -2.43. The predicted octanol–water partition coefficient (Wildman–Crippen LogP) is 4.31. The van der Waals surface area contributed by atoms with Crippen LogP contribution in [0.3, 0.4) is 0 Å². The van der Waals surface area contributed by atoms with Gasteiger partial charge in [-0.05, 0) is 37.1 Å². The number of methoxy groups -OCH3 is 1. The van der Waals surface area contributed by atoms with Crippen LogP contribution in [0.2, 0.25) is 0 Å². The summed E-state index contributed by atoms with van der Waals surface area (Å²) in [5.74, 6) is 0.313. The third-order valence-corrected chi connectivity index (χ3v) is 6.06. The summed E-state index contributed by atoms with van der Waals surface area (Å²) in [4.78, 5) is 32.0. The molecule has 1 unspecified atom stereocenters. The molecular formula is C23H23N3O3S. The van der Waals surface area contributed by atoms with Gasteiger partial charge in [0.1, 0.15) is 16.5 Å². The second-order valence-electron chi connectivity index (χ2n) is 7.18. The maximum atomic E-state index is 13.0. The van der Waals surface area contributed by atoms with Gasteiger partial charge < -0.3 is 15.0 Å². The number of rotatable bonds is 5. The van der Waals surface area contributed by atoms with Crippen LogP contribution in [0.15, 0.2) is 60.0 Å². The Morgan fingerprint density at radius 1 is 1.13 bits per heavy atom. The van der Waals surface area contributed by atoms with E-state index in [9.17, 15) is 9.59 Å². The summed E-state index contributed by atoms with van der Waals surface area (Å²) < 4.78 is 5.40. The van der Waals surface area contributed by atoms with E-state index in [1.165, 1.54) is 11.3 Å². The van der Waals surface area contributed by atoms with Crippen LogP contribution in [0.1, 0.15) is 23.3 Å². The molecule has 1 aliphatic heterocycles. The molecule has 2 amide bonds. The van der Waals surface area contributed by atoms with E-state index >= 15 is 0 Å². The zero-order valence-corrected chi connectivity index (χ0v) is 17.5. The lowest BCUT2D eigenvalue weighted by Gasteiger charge is -2.31. The van der Waals surface area contributed by atoms with E-state index in [0.29, 0.717) is 18.8 Å². The van der Waals surface area contributed by atoms with Crippen molar-refractivity contribution in [2.24, 2.45) is 5.92 Å². The third kappa shape index (κ3) is 4.36. The number of hydrogen-bond acceptors (Lipinski definition) is 5. The Labute approximate surface area is 179 Å². The molecule has 3 aromatic rings. The van der Waals surface area contributed by atoms with E-state index < -0.39 is 0 Å². The molecule has 1 fully saturated rings. The van der Waals surface area contributed by atoms with Crippen LogP contribution in [0, 0.1) is 5.92 Å². The van der Waals surface area contributed by atoms with Crippen LogP contribution in [-0.2, 0) is 4.79 Å². The van der Waals surface area contributed by atoms with Crippen molar-refractivity contribution in [3.63, 3.8) is 0 Å². The molecule has 1 atom stereocenters. The van der Waals surface area contributed by atoms with Crippen molar-refractivity contribution in [1.82, 2.24) is 9.88 Å². The number of ether oxygens (including phenoxy) is 1. The molecular weight excluding hydrogens is 398 g/mol. The maximum Gasteiger partial charge on any atom is 0.273 e. The molecule has 0 saturated carbocycles. The number of aromatic nitrogens is 1. The summed E-state index contributed by atoms with van der Waals surface area (Å²) >= 11 is 1.42. The molecule has 7 heteroatoms. The van der Waals surface area contributed by atoms with Gasteiger partial charge in [0.15, 0.2) is 0 Å². The van der Waals surface area contributed by atoms with Crippen molar-refractivity contribution < 1.29 is 14.3 Å². The molecule has 0 aliphatic carbocycles. The Hall–Kier alpha value is -3.19. The highest BCUT2D eigenvalue weighted by atomic mass is 32.1. The van der Waals surface area contributed by atoms with Crippen molar-refractivity contribution in [2.45, 2.75) is 12.8 Å². The predicted molar refractivity (Wildman–Crippen MR) is 118 cm³/mol. The van der Waals surface area contributed by atoms with Crippen LogP contribution in [0.25, 0.3) is 10.6 Å². The number of carbonyl (C=O) groups excluding carboxylic acids is 2. The number of piperidine rings is 1. The summed E-state index contributed by atoms with van der Waals surface area (Å²) in [5.41, 5.74) is 2.04. The number of thiazole rings is 1. The Bertz CT molecular complexity index is 1030. The highest BCUT2D eigenvalue weighted by molar-refractivity contribution is 7.13. The number of para-hydroxylation sites is 2. The van der Waals surface area contributed by atoms with Gasteiger partial charge in [0, 0.05) is 24.2 Å². The van der Waals surface area contributed by atoms with Crippen molar-refractivity contribution >= 4 is 28.8 Å². The first-order valence-electron chi connectivity index (χ1n) is 9.90. The minimum absolute atomic E-state index is 0.0494. The summed E-state index contributed by atoms with van der Waals surface area (Å²) in [6.45, 7) is 1.04. The Morgan fingerprint density at radius 3 is 2.70 bits per heavy atom. The smallest absolute Gasteiger partial charge is 0.273 e. The van der Waals surface area contributed by atoms with Crippen molar-refractivity contribution in [3.8, 4) is 16.3 Å². The second-order valence-corrected chi connectivity index (χ2v) is 8.04. The Morgan fingerprint density at radius 2 is 1.90 bits per heavy atom. The minimum atomic E-state index is -0.227. The fraction of sp³-hybridized carbons (Fsp3) is 0.261. The fourth-order valence-corrected chi connectivity index (χ4v) is 4.44. The van der Waals surface area contributed by atoms with Crippen LogP contribution < -0.4 is 10.1 Å². The molecule has 2 heterocycles. The number of benzene rings is 2. The third-order valence-electron chi connectivity index (χ3n) is 5.18. The van der Waals surface area contributed by atoms with Gasteiger partial charge in [0.2, 0.25) is 5.91 Å². The Balaban J connectivity index is 1.45. The van der Waals surface area contributed by atoms with Gasteiger partial charge >= 0.3 is 0 Å². The van der Waals surface area contributed by atoms with E-state index in [4.69, 9.17) is 4.74 Å². The molecule has 0 bridgehead atoms. The monoisotopic (exact) mass is 421 g/mol. The number of amides is 2. The number of carbonyl (C=O) groups is 2. The fourth-order valence-electron chi connectivity index (χ4n) is 3.62. The van der Waals surface area contributed by atoms with Gasteiger partial charge in [-0.1, -0.05) is 30.3 Å². The maximum absolute atomic E-state index is 13.0. The topological polar surface area (TPSA) is 71.5 Å². The Kier molecular flexibility index (Phi) is 6.09. The average molecular weight is 422 g/mol. The molecule has 1 N–H and O–H groups in total. The lowest BCUT2D eigenvalue weighted by atomic mass is 9.96. The summed E-state index contributed by atoms with van der Waals surface area (Å²) in [6, 6.07) is 17.0. The molecule has 2 aromatic carbocycles. The quantitative estimate of drug-likeness (QED) is 0.666. The van der Waals surface area contributed by atoms with E-state index in [1.54, 1.807) is 17.4 Å². The number of nitrogens with zero attached hydrogens (tertiary/aromatic N) is 2. The van der Waals surface area contributed by atoms with Gasteiger partial charge in [-0.15, -0.1) is 11.3 Å². The molecule has 0 radical (unpaired) electrons. The number of anilines is 1. The molecule has 30 heavy (non-hydrogen) atoms. The second kappa shape index (κ2) is 9.09. The van der Waals surface area contributed by atoms with Gasteiger partial charge in [0.25, 0.3) is 5.91 Å². The number of hydrogen-bond donors (Lipinski definition) is 1. The number of likely N-dealkylation sites (tertiary alicyclic amines) is 1. The van der Waals surface area contributed by atoms with Crippen molar-refractivity contribution in [2.75, 3.05) is 25.5 Å². The van der Waals surface area contributed by atoms with Gasteiger partial charge in [-0.3, -0.25) is 9.59 Å². The van der Waals surface area contributed by atoms with Crippen LogP contribution in [0.5, 0.6) is 5.75 Å². The number of nitrogens with one attached hydrogen (secondary N) is 1. The van der Waals surface area contributed by atoms with Crippen LogP contribution >= 0.6 is 11.3 Å². The molecule has 1 aromatic heterocycles. The van der Waals surface area contributed by atoms with Crippen molar-refractivity contribution in [1.29, 1.82) is 0 Å². The summed E-state index contributed by atoms with van der Waals surface area (Å²) in [5, 5.41) is 5.46. The van der Waals surface area contributed by atoms with E-state index in [-0.39, 0.29) is 17.7 Å². The molecule has 0 spiro atoms. The SMILES string of the molecule is COc1ccccc1-c1nc(C(=O)N2CCCC(C(=O)Nc3ccccc3)C2)cs1. The first-order chi connectivity index (χ1) is 14.7. The molecule has 4 rings (SSSR count). The largest absolute Gasteiger partial charge is 0.496 e. The normalized spacial score (nSPS) is 16.2. The van der Waals surface area contributed by atoms with Gasteiger partial charge in [0.05, 0.1) is 18.6 Å². The van der Waals surface area contributed by atoms with Gasteiger partial charge in [-0.2, -0.15) is 0 Å². The highest BCUT2D eigenvalue weighted by Crippen LogP contribution is 2.32.